The highest BCUT2D eigenvalue weighted by atomic mass is 33.1. The summed E-state index contributed by atoms with van der Waals surface area (Å²) in [6.45, 7) is 2.86. The first-order valence-corrected chi connectivity index (χ1v) is 10.8. The van der Waals surface area contributed by atoms with Gasteiger partial charge in [0.25, 0.3) is 10.1 Å². The molecule has 0 aromatic rings. The molecule has 0 aliphatic rings. The van der Waals surface area contributed by atoms with Crippen LogP contribution in [0.4, 0.5) is 0 Å². The second kappa shape index (κ2) is 12.0. The average Bonchev–Trinajstić information content (AvgIpc) is 2.42. The fourth-order valence-corrected chi connectivity index (χ4v) is 4.01. The van der Waals surface area contributed by atoms with Crippen molar-refractivity contribution in [3.05, 3.63) is 0 Å². The molecule has 130 valence electrons. The fraction of sp³-hybridized carbons (Fsp3) is 0.818. The highest BCUT2D eigenvalue weighted by Gasteiger charge is 2.22. The zero-order valence-corrected chi connectivity index (χ0v) is 15.1. The lowest BCUT2D eigenvalue weighted by Gasteiger charge is -2.14. The van der Waals surface area contributed by atoms with Gasteiger partial charge in [-0.15, -0.1) is 0 Å². The lowest BCUT2D eigenvalue weighted by Crippen LogP contribution is -2.47. The molecule has 1 atom stereocenters. The van der Waals surface area contributed by atoms with Crippen LogP contribution in [0.3, 0.4) is 0 Å². The molecular weight excluding hydrogens is 350 g/mol. The lowest BCUT2D eigenvalue weighted by molar-refractivity contribution is -0.122. The topological polar surface area (TPSA) is 125 Å². The Hall–Kier alpha value is -0.490. The van der Waals surface area contributed by atoms with Crippen LogP contribution in [0.15, 0.2) is 0 Å². The SMILES string of the molecule is CCNC(=O)CCSSCCNC(=O)C(CS(=O)(=O)O)NC. The Bertz CT molecular complexity index is 444. The van der Waals surface area contributed by atoms with E-state index in [1.54, 1.807) is 0 Å². The molecule has 0 aromatic heterocycles. The number of carbonyl (C=O) groups excluding carboxylic acids is 2. The van der Waals surface area contributed by atoms with Crippen LogP contribution in [0, 0.1) is 0 Å². The Morgan fingerprint density at radius 2 is 1.82 bits per heavy atom. The summed E-state index contributed by atoms with van der Waals surface area (Å²) in [5.41, 5.74) is 0. The summed E-state index contributed by atoms with van der Waals surface area (Å²) < 4.78 is 30.2. The third kappa shape index (κ3) is 12.1. The summed E-state index contributed by atoms with van der Waals surface area (Å²) in [4.78, 5) is 22.9. The molecule has 0 saturated heterocycles. The van der Waals surface area contributed by atoms with Gasteiger partial charge in [-0.05, 0) is 14.0 Å². The molecule has 11 heteroatoms. The minimum atomic E-state index is -4.21. The van der Waals surface area contributed by atoms with E-state index in [9.17, 15) is 18.0 Å². The predicted octanol–water partition coefficient (Wildman–Crippen LogP) is -0.514. The molecule has 1 unspecified atom stereocenters. The van der Waals surface area contributed by atoms with Gasteiger partial charge in [0.05, 0.1) is 5.75 Å². The molecule has 0 aromatic carbocycles. The van der Waals surface area contributed by atoms with Gasteiger partial charge in [0.1, 0.15) is 6.04 Å². The van der Waals surface area contributed by atoms with Crippen LogP contribution < -0.4 is 16.0 Å². The van der Waals surface area contributed by atoms with Crippen LogP contribution in [0.1, 0.15) is 13.3 Å². The Balaban J connectivity index is 3.73. The predicted molar refractivity (Wildman–Crippen MR) is 90.5 cm³/mol. The fourth-order valence-electron chi connectivity index (χ4n) is 1.38. The molecule has 0 bridgehead atoms. The molecule has 22 heavy (non-hydrogen) atoms. The zero-order valence-electron chi connectivity index (χ0n) is 12.6. The van der Waals surface area contributed by atoms with E-state index in [-0.39, 0.29) is 5.91 Å². The van der Waals surface area contributed by atoms with E-state index in [1.165, 1.54) is 28.6 Å². The van der Waals surface area contributed by atoms with Crippen molar-refractivity contribution in [3.63, 3.8) is 0 Å². The highest BCUT2D eigenvalue weighted by molar-refractivity contribution is 8.76. The summed E-state index contributed by atoms with van der Waals surface area (Å²) in [5.74, 6) is 0.198. The Labute approximate surface area is 139 Å². The smallest absolute Gasteiger partial charge is 0.266 e. The van der Waals surface area contributed by atoms with Gasteiger partial charge in [-0.25, -0.2) is 0 Å². The molecule has 0 rings (SSSR count). The van der Waals surface area contributed by atoms with Crippen LogP contribution in [0.25, 0.3) is 0 Å². The van der Waals surface area contributed by atoms with Crippen LogP contribution >= 0.6 is 21.6 Å². The third-order valence-electron chi connectivity index (χ3n) is 2.40. The second-order valence-electron chi connectivity index (χ2n) is 4.23. The quantitative estimate of drug-likeness (QED) is 0.205. The maximum absolute atomic E-state index is 11.7. The standard InChI is InChI=1S/C11H23N3O5S3/c1-3-13-10(15)4-6-20-21-7-5-14-11(16)9(12-2)8-22(17,18)19/h9,12H,3-8H2,1-2H3,(H,13,15)(H,14,16)(H,17,18,19). The molecule has 0 aliphatic heterocycles. The van der Waals surface area contributed by atoms with Crippen LogP contribution in [-0.4, -0.2) is 68.2 Å². The summed E-state index contributed by atoms with van der Waals surface area (Å²) >= 11 is 0. The molecule has 0 spiro atoms. The van der Waals surface area contributed by atoms with Crippen LogP contribution in [0.5, 0.6) is 0 Å². The van der Waals surface area contributed by atoms with E-state index < -0.39 is 27.8 Å². The summed E-state index contributed by atoms with van der Waals surface area (Å²) in [6.07, 6.45) is 0.452. The number of carbonyl (C=O) groups is 2. The van der Waals surface area contributed by atoms with E-state index in [0.717, 1.165) is 0 Å². The van der Waals surface area contributed by atoms with Gasteiger partial charge in [0, 0.05) is 31.0 Å². The highest BCUT2D eigenvalue weighted by Crippen LogP contribution is 2.20. The monoisotopic (exact) mass is 373 g/mol. The average molecular weight is 374 g/mol. The van der Waals surface area contributed by atoms with Crippen molar-refractivity contribution in [2.24, 2.45) is 0 Å². The number of rotatable bonds is 12. The minimum absolute atomic E-state index is 0.0194. The Morgan fingerprint density at radius 3 is 2.36 bits per heavy atom. The maximum atomic E-state index is 11.7. The van der Waals surface area contributed by atoms with Crippen molar-refractivity contribution in [2.45, 2.75) is 19.4 Å². The van der Waals surface area contributed by atoms with E-state index in [1.807, 2.05) is 6.92 Å². The first-order valence-electron chi connectivity index (χ1n) is 6.71. The van der Waals surface area contributed by atoms with Crippen LogP contribution in [0.2, 0.25) is 0 Å². The van der Waals surface area contributed by atoms with Crippen molar-refractivity contribution in [1.29, 1.82) is 0 Å². The Morgan fingerprint density at radius 1 is 1.18 bits per heavy atom. The first kappa shape index (κ1) is 21.5. The van der Waals surface area contributed by atoms with E-state index in [2.05, 4.69) is 16.0 Å². The number of hydrogen-bond acceptors (Lipinski definition) is 7. The number of nitrogens with one attached hydrogen (secondary N) is 3. The van der Waals surface area contributed by atoms with Crippen molar-refractivity contribution in [1.82, 2.24) is 16.0 Å². The van der Waals surface area contributed by atoms with Crippen molar-refractivity contribution in [3.8, 4) is 0 Å². The van der Waals surface area contributed by atoms with Gasteiger partial charge in [-0.3, -0.25) is 14.1 Å². The maximum Gasteiger partial charge on any atom is 0.266 e. The summed E-state index contributed by atoms with van der Waals surface area (Å²) in [6, 6.07) is -0.981. The van der Waals surface area contributed by atoms with Crippen molar-refractivity contribution >= 4 is 43.5 Å². The molecule has 0 fully saturated rings. The largest absolute Gasteiger partial charge is 0.356 e. The molecule has 0 saturated carbocycles. The lowest BCUT2D eigenvalue weighted by atomic mass is 10.3. The van der Waals surface area contributed by atoms with Gasteiger partial charge in [0.15, 0.2) is 0 Å². The zero-order chi connectivity index (χ0) is 17.0. The minimum Gasteiger partial charge on any atom is -0.356 e. The van der Waals surface area contributed by atoms with E-state index >= 15 is 0 Å². The first-order chi connectivity index (χ1) is 10.3. The number of hydrogen-bond donors (Lipinski definition) is 4. The van der Waals surface area contributed by atoms with Gasteiger partial charge in [-0.2, -0.15) is 8.42 Å². The van der Waals surface area contributed by atoms with Gasteiger partial charge in [0.2, 0.25) is 11.8 Å². The molecule has 2 amide bonds. The van der Waals surface area contributed by atoms with Gasteiger partial charge < -0.3 is 16.0 Å². The molecular formula is C11H23N3O5S3. The molecule has 0 aliphatic carbocycles. The number of likely N-dealkylation sites (N-methyl/N-ethyl adjacent to an activating group) is 1. The van der Waals surface area contributed by atoms with E-state index in [4.69, 9.17) is 4.55 Å². The van der Waals surface area contributed by atoms with Gasteiger partial charge >= 0.3 is 0 Å². The van der Waals surface area contributed by atoms with Gasteiger partial charge in [-0.1, -0.05) is 21.6 Å². The number of amides is 2. The second-order valence-corrected chi connectivity index (χ2v) is 8.43. The molecule has 4 N–H and O–H groups in total. The third-order valence-corrected chi connectivity index (χ3v) is 5.56. The normalized spacial score (nSPS) is 12.7. The Kier molecular flexibility index (Phi) is 11.7. The molecule has 0 radical (unpaired) electrons. The summed E-state index contributed by atoms with van der Waals surface area (Å²) in [5, 5.41) is 7.83. The molecule has 8 nitrogen and oxygen atoms in total. The molecule has 0 heterocycles. The van der Waals surface area contributed by atoms with Crippen molar-refractivity contribution in [2.75, 3.05) is 37.4 Å². The van der Waals surface area contributed by atoms with E-state index in [0.29, 0.717) is 31.0 Å². The van der Waals surface area contributed by atoms with Crippen LogP contribution in [-0.2, 0) is 19.7 Å². The summed E-state index contributed by atoms with van der Waals surface area (Å²) in [7, 11) is 0.297. The van der Waals surface area contributed by atoms with Crippen molar-refractivity contribution < 1.29 is 22.6 Å².